The number of hydrogen-bond donors (Lipinski definition) is 1. The third-order valence-electron chi connectivity index (χ3n) is 9.15. The van der Waals surface area contributed by atoms with Crippen LogP contribution in [0.4, 0.5) is 8.78 Å². The third kappa shape index (κ3) is 5.81. The van der Waals surface area contributed by atoms with Gasteiger partial charge in [0.1, 0.15) is 0 Å². The Morgan fingerprint density at radius 3 is 2.32 bits per heavy atom. The molecule has 4 atom stereocenters. The Labute approximate surface area is 191 Å². The van der Waals surface area contributed by atoms with E-state index in [4.69, 9.17) is 4.43 Å². The normalized spacial score (nSPS) is 29.9. The highest BCUT2D eigenvalue weighted by atomic mass is 28.4. The average molecular weight is 459 g/mol. The summed E-state index contributed by atoms with van der Waals surface area (Å²) in [5, 5.41) is 9.40. The zero-order chi connectivity index (χ0) is 23.5. The molecule has 0 aromatic carbocycles. The predicted octanol–water partition coefficient (Wildman–Crippen LogP) is 7.97. The van der Waals surface area contributed by atoms with Gasteiger partial charge in [-0.1, -0.05) is 46.3 Å². The van der Waals surface area contributed by atoms with Gasteiger partial charge in [0, 0.05) is 12.3 Å². The topological polar surface area (TPSA) is 29.5 Å². The van der Waals surface area contributed by atoms with Crippen molar-refractivity contribution in [3.8, 4) is 0 Å². The number of hydrogen-bond acceptors (Lipinski definition) is 2. The van der Waals surface area contributed by atoms with Crippen molar-refractivity contribution in [3.05, 3.63) is 11.6 Å². The molecule has 0 radical (unpaired) electrons. The van der Waals surface area contributed by atoms with Gasteiger partial charge < -0.3 is 9.53 Å². The average Bonchev–Trinajstić information content (AvgIpc) is 3.08. The lowest BCUT2D eigenvalue weighted by Crippen LogP contribution is -2.46. The molecule has 0 aromatic heterocycles. The Morgan fingerprint density at radius 1 is 1.16 bits per heavy atom. The SMILES string of the molecule is CC[Si](CC)(CC)OC(C)(C)CCC(F)(F)[C@@H](C)[C@H]1CC[C@H]2C(=CCO)CCC[C@]12C. The Balaban J connectivity index is 2.09. The van der Waals surface area contributed by atoms with Crippen LogP contribution in [-0.4, -0.2) is 31.6 Å². The first-order chi connectivity index (χ1) is 14.4. The molecule has 2 nitrogen and oxygen atoms in total. The molecule has 0 heterocycles. The van der Waals surface area contributed by atoms with Crippen LogP contribution in [0.2, 0.25) is 18.1 Å². The third-order valence-corrected chi connectivity index (χ3v) is 14.0. The fourth-order valence-corrected chi connectivity index (χ4v) is 10.1. The maximum atomic E-state index is 15.6. The Morgan fingerprint density at radius 2 is 1.77 bits per heavy atom. The fraction of sp³-hybridized carbons (Fsp3) is 0.923. The second kappa shape index (κ2) is 10.3. The van der Waals surface area contributed by atoms with Gasteiger partial charge in [0.2, 0.25) is 0 Å². The zero-order valence-electron chi connectivity index (χ0n) is 21.2. The number of halogens is 2. The minimum absolute atomic E-state index is 0.0364. The van der Waals surface area contributed by atoms with E-state index in [1.54, 1.807) is 6.92 Å². The molecular weight excluding hydrogens is 410 g/mol. The van der Waals surface area contributed by atoms with E-state index in [1.165, 1.54) is 5.57 Å². The van der Waals surface area contributed by atoms with Crippen LogP contribution >= 0.6 is 0 Å². The Bertz CT molecular complexity index is 606. The quantitative estimate of drug-likeness (QED) is 0.251. The number of rotatable bonds is 11. The molecule has 0 aromatic rings. The van der Waals surface area contributed by atoms with Gasteiger partial charge in [0.15, 0.2) is 8.32 Å². The summed E-state index contributed by atoms with van der Waals surface area (Å²) in [6.07, 6.45) is 7.20. The standard InChI is InChI=1S/C26H48F2O2Si/c1-8-31(9-2,10-3)30-24(5,6)17-18-26(27,28)20(4)22-13-14-23-21(15-19-29)12-11-16-25(22,23)7/h15,20,22-23,29H,8-14,16-19H2,1-7H3/t20-,22+,23-,25+/m0/s1. The van der Waals surface area contributed by atoms with E-state index >= 15 is 8.78 Å². The van der Waals surface area contributed by atoms with E-state index in [2.05, 4.69) is 27.7 Å². The molecule has 0 amide bonds. The first-order valence-electron chi connectivity index (χ1n) is 12.8. The molecule has 5 heteroatoms. The largest absolute Gasteiger partial charge is 0.412 e. The van der Waals surface area contributed by atoms with E-state index < -0.39 is 25.8 Å². The summed E-state index contributed by atoms with van der Waals surface area (Å²) in [5.74, 6) is -2.91. The summed E-state index contributed by atoms with van der Waals surface area (Å²) in [5.41, 5.74) is 0.744. The smallest absolute Gasteiger partial charge is 0.251 e. The second-order valence-corrected chi connectivity index (χ2v) is 15.9. The van der Waals surface area contributed by atoms with Crippen molar-refractivity contribution >= 4 is 8.32 Å². The van der Waals surface area contributed by atoms with Crippen LogP contribution in [-0.2, 0) is 4.43 Å². The maximum absolute atomic E-state index is 15.6. The molecule has 0 bridgehead atoms. The molecule has 0 spiro atoms. The van der Waals surface area contributed by atoms with Gasteiger partial charge in [-0.15, -0.1) is 0 Å². The fourth-order valence-electron chi connectivity index (χ4n) is 6.86. The molecule has 2 aliphatic carbocycles. The summed E-state index contributed by atoms with van der Waals surface area (Å²) in [6.45, 7) is 14.7. The van der Waals surface area contributed by atoms with Crippen molar-refractivity contribution < 1.29 is 18.3 Å². The summed E-state index contributed by atoms with van der Waals surface area (Å²) >= 11 is 0. The molecule has 0 unspecified atom stereocenters. The van der Waals surface area contributed by atoms with Crippen LogP contribution in [0.1, 0.15) is 93.4 Å². The predicted molar refractivity (Wildman–Crippen MR) is 129 cm³/mol. The molecule has 31 heavy (non-hydrogen) atoms. The minimum atomic E-state index is -2.68. The summed E-state index contributed by atoms with van der Waals surface area (Å²) < 4.78 is 37.7. The minimum Gasteiger partial charge on any atom is -0.412 e. The van der Waals surface area contributed by atoms with Gasteiger partial charge in [-0.3, -0.25) is 0 Å². The van der Waals surface area contributed by atoms with Gasteiger partial charge in [0.25, 0.3) is 5.92 Å². The second-order valence-electron chi connectivity index (χ2n) is 11.2. The van der Waals surface area contributed by atoms with Crippen molar-refractivity contribution in [2.45, 2.75) is 123 Å². The number of aliphatic hydroxyl groups is 1. The van der Waals surface area contributed by atoms with Crippen molar-refractivity contribution in [2.24, 2.45) is 23.2 Å². The molecular formula is C26H48F2O2Si. The number of fused-ring (bicyclic) bond motifs is 1. The van der Waals surface area contributed by atoms with Crippen LogP contribution in [0, 0.1) is 23.2 Å². The lowest BCUT2D eigenvalue weighted by molar-refractivity contribution is -0.110. The molecule has 2 aliphatic rings. The molecule has 2 fully saturated rings. The highest BCUT2D eigenvalue weighted by Crippen LogP contribution is 2.61. The first kappa shape index (κ1) is 27.0. The summed E-state index contributed by atoms with van der Waals surface area (Å²) in [6, 6.07) is 3.13. The number of allylic oxidation sites excluding steroid dienone is 1. The van der Waals surface area contributed by atoms with Gasteiger partial charge in [-0.2, -0.15) is 0 Å². The molecule has 2 saturated carbocycles. The van der Waals surface area contributed by atoms with Crippen molar-refractivity contribution in [3.63, 3.8) is 0 Å². The van der Waals surface area contributed by atoms with Gasteiger partial charge in [-0.05, 0) is 87.8 Å². The van der Waals surface area contributed by atoms with E-state index in [9.17, 15) is 5.11 Å². The molecule has 0 saturated heterocycles. The molecule has 2 rings (SSSR count). The highest BCUT2D eigenvalue weighted by molar-refractivity contribution is 6.73. The van der Waals surface area contributed by atoms with Gasteiger partial charge in [-0.25, -0.2) is 8.78 Å². The Kier molecular flexibility index (Phi) is 9.00. The molecule has 182 valence electrons. The lowest BCUT2D eigenvalue weighted by Gasteiger charge is -2.46. The number of aliphatic hydroxyl groups excluding tert-OH is 1. The molecule has 0 aliphatic heterocycles. The van der Waals surface area contributed by atoms with E-state index in [0.717, 1.165) is 50.2 Å². The van der Waals surface area contributed by atoms with Gasteiger partial charge in [0.05, 0.1) is 12.2 Å². The van der Waals surface area contributed by atoms with Crippen LogP contribution in [0.15, 0.2) is 11.6 Å². The van der Waals surface area contributed by atoms with Crippen molar-refractivity contribution in [2.75, 3.05) is 6.61 Å². The monoisotopic (exact) mass is 458 g/mol. The van der Waals surface area contributed by atoms with Crippen LogP contribution < -0.4 is 0 Å². The summed E-state index contributed by atoms with van der Waals surface area (Å²) in [4.78, 5) is 0. The number of alkyl halides is 2. The highest BCUT2D eigenvalue weighted by Gasteiger charge is 2.55. The maximum Gasteiger partial charge on any atom is 0.251 e. The lowest BCUT2D eigenvalue weighted by atomic mass is 9.60. The zero-order valence-corrected chi connectivity index (χ0v) is 22.2. The molecule has 1 N–H and O–H groups in total. The van der Waals surface area contributed by atoms with E-state index in [-0.39, 0.29) is 24.4 Å². The Hall–Kier alpha value is -0.263. The van der Waals surface area contributed by atoms with Gasteiger partial charge >= 0.3 is 0 Å². The first-order valence-corrected chi connectivity index (χ1v) is 15.3. The van der Waals surface area contributed by atoms with Crippen LogP contribution in [0.5, 0.6) is 0 Å². The van der Waals surface area contributed by atoms with Crippen molar-refractivity contribution in [1.82, 2.24) is 0 Å². The van der Waals surface area contributed by atoms with Crippen LogP contribution in [0.25, 0.3) is 0 Å². The summed E-state index contributed by atoms with van der Waals surface area (Å²) in [7, 11) is -1.82. The van der Waals surface area contributed by atoms with Crippen LogP contribution in [0.3, 0.4) is 0 Å². The van der Waals surface area contributed by atoms with E-state index in [1.807, 2.05) is 19.9 Å². The van der Waals surface area contributed by atoms with E-state index in [0.29, 0.717) is 12.3 Å². The van der Waals surface area contributed by atoms with Crippen molar-refractivity contribution in [1.29, 1.82) is 0 Å².